The molecule has 0 fully saturated rings. The monoisotopic (exact) mass is 279 g/mol. The molecule has 1 N–H and O–H groups in total. The molecule has 0 bridgehead atoms. The SMILES string of the molecule is Cc1ccc(C(O)c2c(C(C)C)nn(C)c2Cl)cn1. The fourth-order valence-corrected chi connectivity index (χ4v) is 2.26. The summed E-state index contributed by atoms with van der Waals surface area (Å²) in [6, 6.07) is 3.73. The van der Waals surface area contributed by atoms with Gasteiger partial charge in [0.25, 0.3) is 0 Å². The molecule has 2 heterocycles. The third-order valence-corrected chi connectivity index (χ3v) is 3.56. The van der Waals surface area contributed by atoms with E-state index in [2.05, 4.69) is 10.1 Å². The average molecular weight is 280 g/mol. The first kappa shape index (κ1) is 14.0. The van der Waals surface area contributed by atoms with Crippen molar-refractivity contribution in [2.45, 2.75) is 32.8 Å². The maximum atomic E-state index is 10.5. The molecule has 0 saturated heterocycles. The highest BCUT2D eigenvalue weighted by Crippen LogP contribution is 2.33. The number of nitrogens with zero attached hydrogens (tertiary/aromatic N) is 3. The summed E-state index contributed by atoms with van der Waals surface area (Å²) in [6.07, 6.45) is 0.875. The Balaban J connectivity index is 2.48. The van der Waals surface area contributed by atoms with E-state index in [1.54, 1.807) is 17.9 Å². The van der Waals surface area contributed by atoms with Gasteiger partial charge in [0, 0.05) is 30.1 Å². The van der Waals surface area contributed by atoms with Crippen LogP contribution >= 0.6 is 11.6 Å². The first-order valence-electron chi connectivity index (χ1n) is 6.24. The Morgan fingerprint density at radius 1 is 1.32 bits per heavy atom. The number of aliphatic hydroxyl groups excluding tert-OH is 1. The molecule has 0 radical (unpaired) electrons. The van der Waals surface area contributed by atoms with Crippen LogP contribution in [0.1, 0.15) is 48.4 Å². The van der Waals surface area contributed by atoms with Crippen LogP contribution in [-0.2, 0) is 7.05 Å². The normalized spacial score (nSPS) is 13.0. The summed E-state index contributed by atoms with van der Waals surface area (Å²) in [5.74, 6) is 0.196. The van der Waals surface area contributed by atoms with Gasteiger partial charge in [0.05, 0.1) is 5.69 Å². The van der Waals surface area contributed by atoms with Crippen molar-refractivity contribution in [2.24, 2.45) is 7.05 Å². The van der Waals surface area contributed by atoms with E-state index in [-0.39, 0.29) is 5.92 Å². The standard InChI is InChI=1S/C14H18ClN3O/c1-8(2)12-11(14(15)18(4)17-12)13(19)10-6-5-9(3)16-7-10/h5-8,13,19H,1-4H3. The average Bonchev–Trinajstić information content (AvgIpc) is 2.66. The summed E-state index contributed by atoms with van der Waals surface area (Å²) in [6.45, 7) is 5.97. The second kappa shape index (κ2) is 5.31. The zero-order chi connectivity index (χ0) is 14.2. The van der Waals surface area contributed by atoms with Crippen LogP contribution < -0.4 is 0 Å². The molecule has 0 amide bonds. The number of pyridine rings is 1. The zero-order valence-electron chi connectivity index (χ0n) is 11.6. The van der Waals surface area contributed by atoms with Crippen molar-refractivity contribution >= 4 is 11.6 Å². The van der Waals surface area contributed by atoms with Crippen LogP contribution in [-0.4, -0.2) is 19.9 Å². The first-order chi connectivity index (χ1) is 8.91. The maximum Gasteiger partial charge on any atom is 0.133 e. The van der Waals surface area contributed by atoms with Crippen LogP contribution in [0.4, 0.5) is 0 Å². The van der Waals surface area contributed by atoms with Crippen molar-refractivity contribution in [1.82, 2.24) is 14.8 Å². The third kappa shape index (κ3) is 2.65. The van der Waals surface area contributed by atoms with Gasteiger partial charge in [-0.2, -0.15) is 5.10 Å². The van der Waals surface area contributed by atoms with Gasteiger partial charge in [-0.05, 0) is 18.9 Å². The first-order valence-corrected chi connectivity index (χ1v) is 6.62. The minimum atomic E-state index is -0.799. The minimum Gasteiger partial charge on any atom is -0.383 e. The van der Waals surface area contributed by atoms with Crippen molar-refractivity contribution in [3.05, 3.63) is 46.0 Å². The van der Waals surface area contributed by atoms with Crippen molar-refractivity contribution < 1.29 is 5.11 Å². The second-order valence-electron chi connectivity index (χ2n) is 5.00. The fourth-order valence-electron chi connectivity index (χ4n) is 2.03. The zero-order valence-corrected chi connectivity index (χ0v) is 12.3. The van der Waals surface area contributed by atoms with Gasteiger partial charge in [-0.1, -0.05) is 31.5 Å². The van der Waals surface area contributed by atoms with Crippen LogP contribution in [0, 0.1) is 6.92 Å². The number of hydrogen-bond donors (Lipinski definition) is 1. The largest absolute Gasteiger partial charge is 0.383 e. The van der Waals surface area contributed by atoms with Crippen molar-refractivity contribution in [3.63, 3.8) is 0 Å². The van der Waals surface area contributed by atoms with Crippen LogP contribution in [0.2, 0.25) is 5.15 Å². The Kier molecular flexibility index (Phi) is 3.92. The highest BCUT2D eigenvalue weighted by atomic mass is 35.5. The van der Waals surface area contributed by atoms with Crippen molar-refractivity contribution in [2.75, 3.05) is 0 Å². The summed E-state index contributed by atoms with van der Waals surface area (Å²) in [5.41, 5.74) is 3.13. The maximum absolute atomic E-state index is 10.5. The van der Waals surface area contributed by atoms with E-state index in [1.807, 2.05) is 32.9 Å². The van der Waals surface area contributed by atoms with Gasteiger partial charge in [0.15, 0.2) is 0 Å². The van der Waals surface area contributed by atoms with E-state index in [1.165, 1.54) is 0 Å². The molecular formula is C14H18ClN3O. The minimum absolute atomic E-state index is 0.196. The number of hydrogen-bond acceptors (Lipinski definition) is 3. The van der Waals surface area contributed by atoms with E-state index in [0.29, 0.717) is 10.7 Å². The molecule has 2 aromatic rings. The lowest BCUT2D eigenvalue weighted by Crippen LogP contribution is -2.04. The number of aromatic nitrogens is 3. The third-order valence-electron chi connectivity index (χ3n) is 3.11. The molecular weight excluding hydrogens is 262 g/mol. The quantitative estimate of drug-likeness (QED) is 0.940. The second-order valence-corrected chi connectivity index (χ2v) is 5.36. The predicted octanol–water partition coefficient (Wildman–Crippen LogP) is 2.98. The molecule has 2 aromatic heterocycles. The molecule has 0 aliphatic rings. The Hall–Kier alpha value is -1.39. The summed E-state index contributed by atoms with van der Waals surface area (Å²) in [4.78, 5) is 4.21. The van der Waals surface area contributed by atoms with Crippen molar-refractivity contribution in [3.8, 4) is 0 Å². The molecule has 102 valence electrons. The topological polar surface area (TPSA) is 50.9 Å². The highest BCUT2D eigenvalue weighted by Gasteiger charge is 2.24. The smallest absolute Gasteiger partial charge is 0.133 e. The lowest BCUT2D eigenvalue weighted by molar-refractivity contribution is 0.218. The number of rotatable bonds is 3. The van der Waals surface area contributed by atoms with E-state index >= 15 is 0 Å². The number of aryl methyl sites for hydroxylation is 2. The summed E-state index contributed by atoms with van der Waals surface area (Å²) in [7, 11) is 1.78. The Morgan fingerprint density at radius 3 is 2.53 bits per heavy atom. The predicted molar refractivity (Wildman–Crippen MR) is 75.3 cm³/mol. The summed E-state index contributed by atoms with van der Waals surface area (Å²) < 4.78 is 1.59. The molecule has 5 heteroatoms. The van der Waals surface area contributed by atoms with Gasteiger partial charge in [-0.3, -0.25) is 9.67 Å². The van der Waals surface area contributed by atoms with Crippen LogP contribution in [0.25, 0.3) is 0 Å². The Morgan fingerprint density at radius 2 is 2.00 bits per heavy atom. The number of halogens is 1. The van der Waals surface area contributed by atoms with Crippen molar-refractivity contribution in [1.29, 1.82) is 0 Å². The van der Waals surface area contributed by atoms with E-state index < -0.39 is 6.10 Å². The summed E-state index contributed by atoms with van der Waals surface area (Å²) >= 11 is 6.25. The molecule has 0 aliphatic heterocycles. The van der Waals surface area contributed by atoms with Gasteiger partial charge >= 0.3 is 0 Å². The highest BCUT2D eigenvalue weighted by molar-refractivity contribution is 6.30. The van der Waals surface area contributed by atoms with E-state index in [9.17, 15) is 5.11 Å². The van der Waals surface area contributed by atoms with Crippen LogP contribution in [0.15, 0.2) is 18.3 Å². The fraction of sp³-hybridized carbons (Fsp3) is 0.429. The van der Waals surface area contributed by atoms with Gasteiger partial charge in [-0.25, -0.2) is 0 Å². The van der Waals surface area contributed by atoms with Gasteiger partial charge in [0.1, 0.15) is 11.3 Å². The van der Waals surface area contributed by atoms with E-state index in [0.717, 1.165) is 17.0 Å². The lowest BCUT2D eigenvalue weighted by Gasteiger charge is -2.13. The number of aliphatic hydroxyl groups is 1. The molecule has 2 rings (SSSR count). The van der Waals surface area contributed by atoms with Crippen LogP contribution in [0.5, 0.6) is 0 Å². The lowest BCUT2D eigenvalue weighted by atomic mass is 9.98. The molecule has 0 aliphatic carbocycles. The Bertz CT molecular complexity index is 575. The van der Waals surface area contributed by atoms with E-state index in [4.69, 9.17) is 11.6 Å². The molecule has 1 atom stereocenters. The molecule has 0 spiro atoms. The van der Waals surface area contributed by atoms with Crippen LogP contribution in [0.3, 0.4) is 0 Å². The molecule has 1 unspecified atom stereocenters. The van der Waals surface area contributed by atoms with Gasteiger partial charge < -0.3 is 5.11 Å². The van der Waals surface area contributed by atoms with Gasteiger partial charge in [-0.15, -0.1) is 0 Å². The Labute approximate surface area is 118 Å². The molecule has 19 heavy (non-hydrogen) atoms. The van der Waals surface area contributed by atoms with Gasteiger partial charge in [0.2, 0.25) is 0 Å². The summed E-state index contributed by atoms with van der Waals surface area (Å²) in [5, 5.41) is 15.4. The molecule has 0 aromatic carbocycles. The molecule has 0 saturated carbocycles. The molecule has 4 nitrogen and oxygen atoms in total.